The van der Waals surface area contributed by atoms with Gasteiger partial charge in [-0.05, 0) is 191 Å². The number of piperazine rings is 1. The minimum atomic E-state index is -3.84. The first-order valence-electron chi connectivity index (χ1n) is 33.6. The molecule has 0 unspecified atom stereocenters. The van der Waals surface area contributed by atoms with E-state index in [-0.39, 0.29) is 30.6 Å². The number of fused-ring (bicyclic) bond motifs is 3. The van der Waals surface area contributed by atoms with Crippen LogP contribution in [0.4, 0.5) is 34.5 Å². The summed E-state index contributed by atoms with van der Waals surface area (Å²) in [5.41, 5.74) is 30.4. The quantitative estimate of drug-likeness (QED) is 0.0367. The van der Waals surface area contributed by atoms with E-state index in [1.807, 2.05) is 111 Å². The summed E-state index contributed by atoms with van der Waals surface area (Å²) in [4.78, 5) is 23.1. The number of benzene rings is 6. The predicted molar refractivity (Wildman–Crippen MR) is 419 cm³/mol. The lowest BCUT2D eigenvalue weighted by Gasteiger charge is -2.32. The Balaban J connectivity index is 0.000000156. The monoisotopic (exact) mass is 1500 g/mol. The molecule has 1 saturated heterocycles. The van der Waals surface area contributed by atoms with Crippen molar-refractivity contribution in [2.75, 3.05) is 112 Å². The molecule has 1 aliphatic rings. The Hall–Kier alpha value is -9.75. The van der Waals surface area contributed by atoms with E-state index in [4.69, 9.17) is 45.4 Å². The van der Waals surface area contributed by atoms with E-state index >= 15 is 0 Å². The lowest BCUT2D eigenvalue weighted by Crippen LogP contribution is -2.45. The lowest BCUT2D eigenvalue weighted by atomic mass is 9.99. The van der Waals surface area contributed by atoms with Gasteiger partial charge in [-0.3, -0.25) is 19.1 Å². The summed E-state index contributed by atoms with van der Waals surface area (Å²) < 4.78 is 90.2. The molecule has 0 radical (unpaired) electrons. The van der Waals surface area contributed by atoms with Gasteiger partial charge in [-0.15, -0.1) is 0 Å². The third-order valence-electron chi connectivity index (χ3n) is 17.6. The van der Waals surface area contributed by atoms with Crippen LogP contribution in [0.3, 0.4) is 0 Å². The SMILES string of the molecule is CN1CCN(CCn2nc(N)c3c(-c4ccc(NS(=O)(=O)c5ccccc5)cc4)ccnc32)CC1.Cc1ccc(Cl)c(S(=O)(=O)Nc2ccc(-c3cc(C(C)C)nc4c3c(N)nn4CCN(C)C)cc2)c1.Cc1ccc(Cl)c(S(=O)(=O)Nc2ccc(-c3ccnc4c3c(N)nn4CCN(C)C)cc2)c1. The fraction of sp³-hybridized carbons (Fsp3) is 0.270. The van der Waals surface area contributed by atoms with Crippen LogP contribution < -0.4 is 31.4 Å². The second-order valence-corrected chi connectivity index (χ2v) is 32.2. The minimum Gasteiger partial charge on any atom is -0.382 e. The van der Waals surface area contributed by atoms with Crippen molar-refractivity contribution in [3.63, 3.8) is 0 Å². The molecule has 7 heterocycles. The van der Waals surface area contributed by atoms with Crippen LogP contribution in [-0.2, 0) is 49.7 Å². The molecule has 6 aromatic carbocycles. The van der Waals surface area contributed by atoms with E-state index in [0.717, 1.165) is 123 Å². The largest absolute Gasteiger partial charge is 0.382 e. The molecule has 25 nitrogen and oxygen atoms in total. The van der Waals surface area contributed by atoms with Gasteiger partial charge in [0.2, 0.25) is 0 Å². The summed E-state index contributed by atoms with van der Waals surface area (Å²) in [6.07, 6.45) is 3.48. The maximum absolute atomic E-state index is 12.9. The number of hydrogen-bond donors (Lipinski definition) is 6. The number of nitrogens with two attached hydrogens (primary N) is 3. The highest BCUT2D eigenvalue weighted by Gasteiger charge is 2.25. The second kappa shape index (κ2) is 32.1. The minimum absolute atomic E-state index is 0.0435. The molecule has 12 aromatic rings. The number of anilines is 6. The maximum Gasteiger partial charge on any atom is 0.263 e. The van der Waals surface area contributed by atoms with Crippen LogP contribution in [0.15, 0.2) is 185 Å². The number of sulfonamides is 3. The summed E-state index contributed by atoms with van der Waals surface area (Å²) in [7, 11) is -1.15. The summed E-state index contributed by atoms with van der Waals surface area (Å²) >= 11 is 12.3. The molecule has 9 N–H and O–H groups in total. The molecule has 1 fully saturated rings. The lowest BCUT2D eigenvalue weighted by molar-refractivity contribution is 0.149. The van der Waals surface area contributed by atoms with Crippen LogP contribution in [0, 0.1) is 13.8 Å². The van der Waals surface area contributed by atoms with E-state index in [9.17, 15) is 25.3 Å². The standard InChI is InChI=1S/C26H31ClN6O2S.C25H29N7O2S.C23H25ClN6O2S/c1-16(2)22-15-20(24-25(28)30-33(26(24)29-22)13-12-32(4)5)18-7-9-19(10-8-18)31-36(34,35)23-14-17(3)6-11-21(23)27;1-30-13-15-31(16-14-30)17-18-32-25-23(24(26)28-32)22(11-12-27-25)19-7-9-20(10-8-19)29-35(33,34)21-5-3-2-4-6-21;1-15-4-9-19(24)20(14-15)33(31,32)28-17-7-5-16(6-8-17)18-10-11-26-23-21(18)22(25)27-30(23)13-12-29(2)3/h6-11,14-16,31H,12-13H2,1-5H3,(H2,28,30);2-12,29H,13-18H2,1H3,(H2,26,28);4-11,14,28H,12-13H2,1-3H3,(H2,25,27). The van der Waals surface area contributed by atoms with Crippen LogP contribution >= 0.6 is 23.2 Å². The Labute approximate surface area is 616 Å². The predicted octanol–water partition coefficient (Wildman–Crippen LogP) is 11.9. The van der Waals surface area contributed by atoms with Crippen molar-refractivity contribution >= 4 is 121 Å². The van der Waals surface area contributed by atoms with E-state index < -0.39 is 30.1 Å². The fourth-order valence-electron chi connectivity index (χ4n) is 11.9. The molecular weight excluding hydrogens is 1420 g/mol. The highest BCUT2D eigenvalue weighted by molar-refractivity contribution is 7.93. The molecule has 544 valence electrons. The third-order valence-corrected chi connectivity index (χ3v) is 22.7. The molecule has 0 amide bonds. The van der Waals surface area contributed by atoms with Gasteiger partial charge in [-0.1, -0.05) is 104 Å². The zero-order valence-corrected chi connectivity index (χ0v) is 63.3. The van der Waals surface area contributed by atoms with Crippen molar-refractivity contribution in [1.82, 2.24) is 63.9 Å². The van der Waals surface area contributed by atoms with E-state index in [1.54, 1.807) is 116 Å². The number of rotatable bonds is 22. The number of nitrogens with zero attached hydrogens (tertiary/aromatic N) is 13. The summed E-state index contributed by atoms with van der Waals surface area (Å²) in [6.45, 7) is 16.6. The van der Waals surface area contributed by atoms with Crippen molar-refractivity contribution in [2.24, 2.45) is 0 Å². The number of halogens is 2. The van der Waals surface area contributed by atoms with Crippen molar-refractivity contribution in [1.29, 1.82) is 0 Å². The maximum atomic E-state index is 12.9. The summed E-state index contributed by atoms with van der Waals surface area (Å²) in [5, 5.41) is 16.3. The molecule has 0 bridgehead atoms. The van der Waals surface area contributed by atoms with Gasteiger partial charge in [-0.25, -0.2) is 54.3 Å². The van der Waals surface area contributed by atoms with E-state index in [0.29, 0.717) is 59.8 Å². The number of aromatic nitrogens is 9. The van der Waals surface area contributed by atoms with Crippen molar-refractivity contribution < 1.29 is 25.3 Å². The number of pyridine rings is 3. The first-order valence-corrected chi connectivity index (χ1v) is 38.8. The van der Waals surface area contributed by atoms with Crippen LogP contribution in [0.25, 0.3) is 66.5 Å². The van der Waals surface area contributed by atoms with Gasteiger partial charge in [0.1, 0.15) is 9.79 Å². The molecule has 30 heteroatoms. The number of nitrogens with one attached hydrogen (secondary N) is 3. The highest BCUT2D eigenvalue weighted by Crippen LogP contribution is 2.38. The zero-order valence-electron chi connectivity index (χ0n) is 59.3. The van der Waals surface area contributed by atoms with Gasteiger partial charge in [0.15, 0.2) is 34.4 Å². The molecule has 0 atom stereocenters. The zero-order chi connectivity index (χ0) is 74.4. The van der Waals surface area contributed by atoms with E-state index in [1.165, 1.54) is 0 Å². The van der Waals surface area contributed by atoms with Gasteiger partial charge in [0.05, 0.1) is 50.7 Å². The average molecular weight is 1500 g/mol. The third kappa shape index (κ3) is 17.7. The Morgan fingerprint density at radius 1 is 0.471 bits per heavy atom. The number of nitrogen functional groups attached to an aromatic ring is 3. The van der Waals surface area contributed by atoms with Gasteiger partial charge in [0.25, 0.3) is 30.1 Å². The smallest absolute Gasteiger partial charge is 0.263 e. The highest BCUT2D eigenvalue weighted by atomic mass is 35.5. The fourth-order valence-corrected chi connectivity index (χ4v) is 16.2. The average Bonchev–Trinajstić information content (AvgIpc) is 1.59. The Morgan fingerprint density at radius 3 is 1.29 bits per heavy atom. The Bertz CT molecular complexity index is 5400. The van der Waals surface area contributed by atoms with E-state index in [2.05, 4.69) is 79.9 Å². The van der Waals surface area contributed by atoms with Gasteiger partial charge in [0, 0.05) is 81.0 Å². The van der Waals surface area contributed by atoms with Gasteiger partial charge in [-0.2, -0.15) is 15.3 Å². The molecule has 6 aromatic heterocycles. The van der Waals surface area contributed by atoms with Crippen molar-refractivity contribution in [3.05, 3.63) is 197 Å². The Morgan fingerprint density at radius 2 is 0.865 bits per heavy atom. The molecule has 0 spiro atoms. The topological polar surface area (TPSA) is 322 Å². The first kappa shape index (κ1) is 75.4. The normalized spacial score (nSPS) is 13.2. The van der Waals surface area contributed by atoms with Crippen LogP contribution in [0.1, 0.15) is 36.6 Å². The molecule has 13 rings (SSSR count). The van der Waals surface area contributed by atoms with Crippen LogP contribution in [0.5, 0.6) is 0 Å². The Kier molecular flexibility index (Phi) is 23.3. The van der Waals surface area contributed by atoms with Crippen LogP contribution in [0.2, 0.25) is 10.0 Å². The molecule has 0 aliphatic carbocycles. The first-order chi connectivity index (χ1) is 49.5. The molecule has 0 saturated carbocycles. The molecule has 1 aliphatic heterocycles. The van der Waals surface area contributed by atoms with Crippen LogP contribution in [-0.4, -0.2) is 170 Å². The molecular formula is C74H85Cl2N19O6S3. The van der Waals surface area contributed by atoms with Crippen molar-refractivity contribution in [3.8, 4) is 33.4 Å². The van der Waals surface area contributed by atoms with Gasteiger partial charge >= 0.3 is 0 Å². The van der Waals surface area contributed by atoms with Gasteiger partial charge < -0.3 is 31.9 Å². The number of aryl methyl sites for hydroxylation is 2. The molecule has 104 heavy (non-hydrogen) atoms. The second-order valence-electron chi connectivity index (χ2n) is 26.4. The number of likely N-dealkylation sites (N-methyl/N-ethyl adjacent to an activating group) is 3. The number of hydrogen-bond acceptors (Lipinski definition) is 19. The van der Waals surface area contributed by atoms with Crippen molar-refractivity contribution in [2.45, 2.75) is 67.9 Å². The summed E-state index contributed by atoms with van der Waals surface area (Å²) in [6, 6.07) is 45.4. The summed E-state index contributed by atoms with van der Waals surface area (Å²) in [5.74, 6) is 1.47.